The molecule has 1 aromatic heterocycles. The van der Waals surface area contributed by atoms with Crippen LogP contribution in [-0.2, 0) is 4.74 Å². The summed E-state index contributed by atoms with van der Waals surface area (Å²) >= 11 is 0. The van der Waals surface area contributed by atoms with Crippen molar-refractivity contribution in [2.45, 2.75) is 12.8 Å². The Labute approximate surface area is 162 Å². The molecule has 0 bridgehead atoms. The second-order valence-electron chi connectivity index (χ2n) is 5.95. The molecule has 0 unspecified atom stereocenters. The van der Waals surface area contributed by atoms with E-state index in [1.54, 1.807) is 30.3 Å². The van der Waals surface area contributed by atoms with Crippen molar-refractivity contribution in [2.75, 3.05) is 20.8 Å². The first-order chi connectivity index (χ1) is 13.6. The van der Waals surface area contributed by atoms with Crippen LogP contribution in [-0.4, -0.2) is 48.4 Å². The smallest absolute Gasteiger partial charge is 0.344 e. The Hall–Kier alpha value is -3.66. The third kappa shape index (κ3) is 3.58. The monoisotopic (exact) mass is 378 g/mol. The van der Waals surface area contributed by atoms with Gasteiger partial charge in [-0.05, 0) is 24.6 Å². The molecule has 2 amide bonds. The average Bonchev–Trinajstić information content (AvgIpc) is 2.97. The number of benzene rings is 1. The number of nitrogens with zero attached hydrogens (tertiary/aromatic N) is 2. The number of methoxy groups -OCH3 is 2. The van der Waals surface area contributed by atoms with Crippen molar-refractivity contribution in [3.05, 3.63) is 58.8 Å². The van der Waals surface area contributed by atoms with Gasteiger partial charge in [-0.15, -0.1) is 0 Å². The summed E-state index contributed by atoms with van der Waals surface area (Å²) in [7, 11) is 2.68. The van der Waals surface area contributed by atoms with Crippen LogP contribution in [0, 0.1) is 11.8 Å². The molecule has 0 saturated carbocycles. The van der Waals surface area contributed by atoms with E-state index in [2.05, 4.69) is 16.8 Å². The van der Waals surface area contributed by atoms with Crippen molar-refractivity contribution in [3.63, 3.8) is 0 Å². The first-order valence-electron chi connectivity index (χ1n) is 8.64. The third-order valence-corrected chi connectivity index (χ3v) is 4.28. The number of amides is 2. The molecule has 0 spiro atoms. The fraction of sp³-hybridized carbons (Fsp3) is 0.238. The van der Waals surface area contributed by atoms with Crippen molar-refractivity contribution in [1.82, 2.24) is 9.88 Å². The number of imide groups is 1. The Bertz CT molecular complexity index is 968. The summed E-state index contributed by atoms with van der Waals surface area (Å²) in [5.41, 5.74) is 1.48. The van der Waals surface area contributed by atoms with Crippen LogP contribution in [0.25, 0.3) is 0 Å². The zero-order chi connectivity index (χ0) is 20.1. The van der Waals surface area contributed by atoms with Crippen LogP contribution >= 0.6 is 0 Å². The number of unbranched alkanes of at least 4 members (excludes halogenated alkanes) is 1. The van der Waals surface area contributed by atoms with Gasteiger partial charge in [0.15, 0.2) is 0 Å². The van der Waals surface area contributed by atoms with Gasteiger partial charge in [-0.2, -0.15) is 0 Å². The van der Waals surface area contributed by atoms with Crippen molar-refractivity contribution in [1.29, 1.82) is 0 Å². The Morgan fingerprint density at radius 2 is 1.79 bits per heavy atom. The topological polar surface area (TPSA) is 85.8 Å². The van der Waals surface area contributed by atoms with Crippen LogP contribution < -0.4 is 4.74 Å². The summed E-state index contributed by atoms with van der Waals surface area (Å²) in [6.07, 6.45) is 2.46. The van der Waals surface area contributed by atoms with Crippen molar-refractivity contribution < 1.29 is 23.9 Å². The lowest BCUT2D eigenvalue weighted by Crippen LogP contribution is -2.30. The fourth-order valence-electron chi connectivity index (χ4n) is 2.93. The number of hydrogen-bond acceptors (Lipinski definition) is 6. The number of rotatable bonds is 5. The molecule has 28 heavy (non-hydrogen) atoms. The molecule has 1 aromatic carbocycles. The van der Waals surface area contributed by atoms with Crippen LogP contribution in [0.4, 0.5) is 0 Å². The number of esters is 1. The Morgan fingerprint density at radius 1 is 1.11 bits per heavy atom. The van der Waals surface area contributed by atoms with Gasteiger partial charge in [0.05, 0.1) is 25.3 Å². The zero-order valence-corrected chi connectivity index (χ0v) is 15.5. The molecule has 142 valence electrons. The number of fused-ring (bicyclic) bond motifs is 1. The maximum Gasteiger partial charge on any atom is 0.344 e. The Kier molecular flexibility index (Phi) is 5.70. The Balaban J connectivity index is 1.65. The minimum Gasteiger partial charge on any atom is -0.480 e. The second kappa shape index (κ2) is 8.35. The van der Waals surface area contributed by atoms with Gasteiger partial charge in [-0.1, -0.05) is 24.0 Å². The van der Waals surface area contributed by atoms with E-state index in [0.29, 0.717) is 29.5 Å². The van der Waals surface area contributed by atoms with E-state index in [1.807, 2.05) is 0 Å². The van der Waals surface area contributed by atoms with Gasteiger partial charge in [-0.25, -0.2) is 9.78 Å². The maximum atomic E-state index is 12.3. The molecule has 0 fully saturated rings. The van der Waals surface area contributed by atoms with Crippen LogP contribution in [0.2, 0.25) is 0 Å². The average molecular weight is 378 g/mol. The standard InChI is InChI=1S/C21H18N2O5/c1-27-18-17(21(26)28-2)14(11-12-22-18)8-4-3-7-13-23-19(24)15-9-5-6-10-16(15)20(23)25/h5-6,9-12H,3,7,13H2,1-2H3. The SMILES string of the molecule is COC(=O)c1c(C#CCCCN2C(=O)c3ccccc3C2=O)ccnc1OC. The quantitative estimate of drug-likeness (QED) is 0.343. The van der Waals surface area contributed by atoms with Crippen LogP contribution in [0.1, 0.15) is 49.5 Å². The summed E-state index contributed by atoms with van der Waals surface area (Å²) in [4.78, 5) is 41.8. The van der Waals surface area contributed by atoms with E-state index < -0.39 is 5.97 Å². The molecular formula is C21H18N2O5. The predicted octanol–water partition coefficient (Wildman–Crippen LogP) is 2.30. The molecule has 7 nitrogen and oxygen atoms in total. The van der Waals surface area contributed by atoms with Gasteiger partial charge < -0.3 is 9.47 Å². The van der Waals surface area contributed by atoms with Gasteiger partial charge >= 0.3 is 5.97 Å². The fourth-order valence-corrected chi connectivity index (χ4v) is 2.93. The van der Waals surface area contributed by atoms with E-state index in [4.69, 9.17) is 9.47 Å². The summed E-state index contributed by atoms with van der Waals surface area (Å²) in [6, 6.07) is 8.38. The lowest BCUT2D eigenvalue weighted by molar-refractivity contribution is 0.0593. The van der Waals surface area contributed by atoms with Gasteiger partial charge in [-0.3, -0.25) is 14.5 Å². The summed E-state index contributed by atoms with van der Waals surface area (Å²) < 4.78 is 9.86. The molecule has 2 aromatic rings. The number of carbonyl (C=O) groups excluding carboxylic acids is 3. The van der Waals surface area contributed by atoms with Crippen LogP contribution in [0.15, 0.2) is 36.5 Å². The van der Waals surface area contributed by atoms with Crippen LogP contribution in [0.3, 0.4) is 0 Å². The molecule has 1 aliphatic heterocycles. The zero-order valence-electron chi connectivity index (χ0n) is 15.5. The largest absolute Gasteiger partial charge is 0.480 e. The normalized spacial score (nSPS) is 12.3. The first-order valence-corrected chi connectivity index (χ1v) is 8.64. The molecule has 7 heteroatoms. The van der Waals surface area contributed by atoms with Crippen molar-refractivity contribution in [3.8, 4) is 17.7 Å². The Morgan fingerprint density at radius 3 is 2.39 bits per heavy atom. The van der Waals surface area contributed by atoms with Crippen LogP contribution in [0.5, 0.6) is 5.88 Å². The first kappa shape index (κ1) is 19.1. The lowest BCUT2D eigenvalue weighted by Gasteiger charge is -2.12. The lowest BCUT2D eigenvalue weighted by atomic mass is 10.1. The molecule has 0 N–H and O–H groups in total. The summed E-state index contributed by atoms with van der Waals surface area (Å²) in [5, 5.41) is 0. The van der Waals surface area contributed by atoms with E-state index in [-0.39, 0.29) is 29.8 Å². The molecule has 0 aliphatic carbocycles. The summed E-state index contributed by atoms with van der Waals surface area (Å²) in [6.45, 7) is 0.282. The van der Waals surface area contributed by atoms with E-state index in [1.165, 1.54) is 25.3 Å². The van der Waals surface area contributed by atoms with Gasteiger partial charge in [0.2, 0.25) is 5.88 Å². The van der Waals surface area contributed by atoms with E-state index in [9.17, 15) is 14.4 Å². The van der Waals surface area contributed by atoms with Gasteiger partial charge in [0.25, 0.3) is 11.8 Å². The highest BCUT2D eigenvalue weighted by Gasteiger charge is 2.34. The third-order valence-electron chi connectivity index (χ3n) is 4.28. The summed E-state index contributed by atoms with van der Waals surface area (Å²) in [5.74, 6) is 4.87. The number of aromatic nitrogens is 1. The highest BCUT2D eigenvalue weighted by Crippen LogP contribution is 2.23. The molecule has 3 rings (SSSR count). The highest BCUT2D eigenvalue weighted by molar-refractivity contribution is 6.21. The van der Waals surface area contributed by atoms with Gasteiger partial charge in [0.1, 0.15) is 5.56 Å². The van der Waals surface area contributed by atoms with E-state index in [0.717, 1.165) is 0 Å². The maximum absolute atomic E-state index is 12.3. The second-order valence-corrected chi connectivity index (χ2v) is 5.95. The minimum absolute atomic E-state index is 0.143. The van der Waals surface area contributed by atoms with Crippen molar-refractivity contribution >= 4 is 17.8 Å². The molecule has 0 saturated heterocycles. The number of pyridine rings is 1. The number of ether oxygens (including phenoxy) is 2. The number of hydrogen-bond donors (Lipinski definition) is 0. The highest BCUT2D eigenvalue weighted by atomic mass is 16.5. The molecular weight excluding hydrogens is 360 g/mol. The minimum atomic E-state index is -0.583. The van der Waals surface area contributed by atoms with E-state index >= 15 is 0 Å². The van der Waals surface area contributed by atoms with Crippen molar-refractivity contribution in [2.24, 2.45) is 0 Å². The molecule has 0 radical (unpaired) electrons. The molecule has 1 aliphatic rings. The predicted molar refractivity (Wildman–Crippen MR) is 100 cm³/mol. The van der Waals surface area contributed by atoms with Gasteiger partial charge in [0, 0.05) is 24.7 Å². The molecule has 2 heterocycles. The molecule has 0 atom stereocenters. The number of carbonyl (C=O) groups is 3.